The third-order valence-electron chi connectivity index (χ3n) is 0.389. The van der Waals surface area contributed by atoms with Crippen molar-refractivity contribution >= 4 is 36.9 Å². The van der Waals surface area contributed by atoms with E-state index < -0.39 is 0 Å². The molecule has 0 aromatic rings. The van der Waals surface area contributed by atoms with Gasteiger partial charge in [-0.2, -0.15) is 25.3 Å². The summed E-state index contributed by atoms with van der Waals surface area (Å²) in [5, 5.41) is 0.259. The molecule has 0 aliphatic rings. The van der Waals surface area contributed by atoms with Gasteiger partial charge in [0, 0.05) is 16.9 Å². The molecule has 0 aromatic heterocycles. The second kappa shape index (κ2) is 4.16. The van der Waals surface area contributed by atoms with Gasteiger partial charge in [-0.1, -0.05) is 0 Å². The van der Waals surface area contributed by atoms with E-state index in [-0.39, 0.29) is 5.25 Å². The molecular weight excluding hydrogens is 136 g/mol. The van der Waals surface area contributed by atoms with Gasteiger partial charge in [0.05, 0.1) is 0 Å². The van der Waals surface area contributed by atoms with Crippen LogP contribution in [0, 0.1) is 0 Å². The largest absolute Gasteiger partial charge is 0.178 e. The van der Waals surface area contributed by atoms with E-state index in [2.05, 4.69) is 25.3 Å². The molecule has 0 rings (SSSR count). The lowest BCUT2D eigenvalue weighted by atomic mass is 10.6. The summed E-state index contributed by atoms with van der Waals surface area (Å²) in [5.74, 6) is 1.35. The molecule has 3 heteroatoms. The first-order valence-electron chi connectivity index (χ1n) is 1.66. The highest BCUT2D eigenvalue weighted by molar-refractivity contribution is 7.84. The maximum atomic E-state index is 5.33. The highest BCUT2D eigenvalue weighted by Gasteiger charge is 1.92. The lowest BCUT2D eigenvalue weighted by Gasteiger charge is -1.95. The third-order valence-corrected chi connectivity index (χ3v) is 2.07. The number of halogens is 1. The van der Waals surface area contributed by atoms with Crippen molar-refractivity contribution in [1.29, 1.82) is 0 Å². The average Bonchev–Trinajstić information content (AvgIpc) is 1.65. The summed E-state index contributed by atoms with van der Waals surface area (Å²) in [6, 6.07) is 0. The molecule has 0 nitrogen and oxygen atoms in total. The van der Waals surface area contributed by atoms with Crippen LogP contribution < -0.4 is 0 Å². The predicted molar refractivity (Wildman–Crippen MR) is 37.3 cm³/mol. The zero-order chi connectivity index (χ0) is 4.99. The Balaban J connectivity index is 2.75. The van der Waals surface area contributed by atoms with Gasteiger partial charge >= 0.3 is 0 Å². The Morgan fingerprint density at radius 1 is 1.67 bits per heavy atom. The van der Waals surface area contributed by atoms with Crippen LogP contribution in [0.3, 0.4) is 0 Å². The normalized spacial score (nSPS) is 14.5. The summed E-state index contributed by atoms with van der Waals surface area (Å²) in [7, 11) is 0. The number of thiol groups is 2. The molecule has 0 saturated carbocycles. The second-order valence-electron chi connectivity index (χ2n) is 0.991. The minimum absolute atomic E-state index is 0.259. The van der Waals surface area contributed by atoms with E-state index in [0.29, 0.717) is 5.88 Å². The number of hydrogen-bond acceptors (Lipinski definition) is 2. The van der Waals surface area contributed by atoms with E-state index in [1.165, 1.54) is 0 Å². The van der Waals surface area contributed by atoms with Crippen LogP contribution in [0.2, 0.25) is 0 Å². The van der Waals surface area contributed by atoms with E-state index in [9.17, 15) is 0 Å². The molecule has 6 heavy (non-hydrogen) atoms. The number of alkyl halides is 1. The Bertz CT molecular complexity index is 28.0. The molecule has 1 unspecified atom stereocenters. The molecule has 0 N–H and O–H groups in total. The Kier molecular flexibility index (Phi) is 4.84. The molecule has 0 aliphatic carbocycles. The first-order chi connectivity index (χ1) is 2.81. The zero-order valence-corrected chi connectivity index (χ0v) is 5.81. The Morgan fingerprint density at radius 3 is 2.17 bits per heavy atom. The van der Waals surface area contributed by atoms with Crippen molar-refractivity contribution in [2.45, 2.75) is 5.25 Å². The molecule has 0 aromatic carbocycles. The summed E-state index contributed by atoms with van der Waals surface area (Å²) >= 11 is 13.3. The van der Waals surface area contributed by atoms with Gasteiger partial charge in [0.2, 0.25) is 0 Å². The fraction of sp³-hybridized carbons (Fsp3) is 1.00. The molecule has 0 spiro atoms. The molecule has 0 fully saturated rings. The molecule has 0 amide bonds. The Hall–Kier alpha value is 0.990. The van der Waals surface area contributed by atoms with Crippen LogP contribution in [0.1, 0.15) is 0 Å². The van der Waals surface area contributed by atoms with Crippen molar-refractivity contribution in [3.8, 4) is 0 Å². The predicted octanol–water partition coefficient (Wildman–Crippen LogP) is 1.45. The van der Waals surface area contributed by atoms with Gasteiger partial charge < -0.3 is 0 Å². The maximum absolute atomic E-state index is 5.33. The van der Waals surface area contributed by atoms with E-state index in [1.54, 1.807) is 0 Å². The van der Waals surface area contributed by atoms with Gasteiger partial charge in [0.15, 0.2) is 0 Å². The zero-order valence-electron chi connectivity index (χ0n) is 3.26. The quantitative estimate of drug-likeness (QED) is 0.423. The van der Waals surface area contributed by atoms with Crippen LogP contribution >= 0.6 is 36.9 Å². The van der Waals surface area contributed by atoms with Gasteiger partial charge in [-0.15, -0.1) is 11.6 Å². The summed E-state index contributed by atoms with van der Waals surface area (Å²) in [6.45, 7) is 0. The standard InChI is InChI=1S/C3H7ClS2/c4-1-3(6)2-5/h3,5-6H,1-2H2. The highest BCUT2D eigenvalue weighted by atomic mass is 35.5. The first kappa shape index (κ1) is 6.99. The van der Waals surface area contributed by atoms with Crippen LogP contribution in [-0.4, -0.2) is 16.9 Å². The van der Waals surface area contributed by atoms with E-state index in [4.69, 9.17) is 11.6 Å². The smallest absolute Gasteiger partial charge is 0.0348 e. The molecular formula is C3H7ClS2. The van der Waals surface area contributed by atoms with Crippen LogP contribution in [0.4, 0.5) is 0 Å². The topological polar surface area (TPSA) is 0 Å². The number of hydrogen-bond donors (Lipinski definition) is 2. The van der Waals surface area contributed by atoms with Gasteiger partial charge in [-0.3, -0.25) is 0 Å². The van der Waals surface area contributed by atoms with Crippen molar-refractivity contribution in [1.82, 2.24) is 0 Å². The molecule has 1 atom stereocenters. The second-order valence-corrected chi connectivity index (χ2v) is 2.39. The molecule has 0 bridgehead atoms. The summed E-state index contributed by atoms with van der Waals surface area (Å²) in [6.07, 6.45) is 0. The van der Waals surface area contributed by atoms with Crippen LogP contribution in [0.25, 0.3) is 0 Å². The fourth-order valence-corrected chi connectivity index (χ4v) is 0.439. The average molecular weight is 143 g/mol. The summed E-state index contributed by atoms with van der Waals surface area (Å²) < 4.78 is 0. The van der Waals surface area contributed by atoms with Crippen LogP contribution in [0.15, 0.2) is 0 Å². The van der Waals surface area contributed by atoms with Crippen molar-refractivity contribution in [2.24, 2.45) is 0 Å². The fourth-order valence-electron chi connectivity index (χ4n) is 0.0488. The lowest BCUT2D eigenvalue weighted by Crippen LogP contribution is -1.99. The summed E-state index contributed by atoms with van der Waals surface area (Å²) in [5.41, 5.74) is 0. The SMILES string of the molecule is SCC(S)CCl. The van der Waals surface area contributed by atoms with Crippen molar-refractivity contribution in [3.63, 3.8) is 0 Å². The van der Waals surface area contributed by atoms with Crippen LogP contribution in [0.5, 0.6) is 0 Å². The maximum Gasteiger partial charge on any atom is 0.0348 e. The minimum atomic E-state index is 0.259. The Morgan fingerprint density at radius 2 is 2.17 bits per heavy atom. The third kappa shape index (κ3) is 3.19. The molecule has 0 radical (unpaired) electrons. The van der Waals surface area contributed by atoms with Crippen LogP contribution in [-0.2, 0) is 0 Å². The monoisotopic (exact) mass is 142 g/mol. The van der Waals surface area contributed by atoms with Crippen molar-refractivity contribution in [3.05, 3.63) is 0 Å². The number of rotatable bonds is 2. The van der Waals surface area contributed by atoms with E-state index in [0.717, 1.165) is 5.75 Å². The molecule has 0 aliphatic heterocycles. The first-order valence-corrected chi connectivity index (χ1v) is 3.34. The highest BCUT2D eigenvalue weighted by Crippen LogP contribution is 1.97. The van der Waals surface area contributed by atoms with Gasteiger partial charge in [-0.05, 0) is 0 Å². The van der Waals surface area contributed by atoms with E-state index in [1.807, 2.05) is 0 Å². The van der Waals surface area contributed by atoms with Gasteiger partial charge in [-0.25, -0.2) is 0 Å². The van der Waals surface area contributed by atoms with Gasteiger partial charge in [0.1, 0.15) is 0 Å². The lowest BCUT2D eigenvalue weighted by molar-refractivity contribution is 1.16. The van der Waals surface area contributed by atoms with Crippen molar-refractivity contribution < 1.29 is 0 Å². The minimum Gasteiger partial charge on any atom is -0.178 e. The van der Waals surface area contributed by atoms with Gasteiger partial charge in [0.25, 0.3) is 0 Å². The van der Waals surface area contributed by atoms with E-state index >= 15 is 0 Å². The Labute approximate surface area is 54.1 Å². The molecule has 0 heterocycles. The molecule has 38 valence electrons. The summed E-state index contributed by atoms with van der Waals surface area (Å²) in [4.78, 5) is 0. The van der Waals surface area contributed by atoms with Crippen molar-refractivity contribution in [2.75, 3.05) is 11.6 Å². The molecule has 0 saturated heterocycles.